The average Bonchev–Trinajstić information content (AvgIpc) is 2.98. The Hall–Kier alpha value is -2.52. The monoisotopic (exact) mass is 390 g/mol. The molecular formula is C18H22N4O4S. The number of imidazole rings is 1. The fourth-order valence-corrected chi connectivity index (χ4v) is 3.52. The van der Waals surface area contributed by atoms with Crippen LogP contribution >= 0.6 is 11.8 Å². The summed E-state index contributed by atoms with van der Waals surface area (Å²) in [6, 6.07) is 7.56. The third kappa shape index (κ3) is 3.93. The zero-order valence-electron chi connectivity index (χ0n) is 15.4. The number of thioether (sulfide) groups is 1. The fraction of sp³-hybridized carbons (Fsp3) is 0.389. The van der Waals surface area contributed by atoms with Gasteiger partial charge in [0.05, 0.1) is 6.54 Å². The first kappa shape index (κ1) is 19.2. The number of aromatic nitrogens is 4. The van der Waals surface area contributed by atoms with E-state index in [1.807, 2.05) is 38.1 Å². The predicted molar refractivity (Wildman–Crippen MR) is 105 cm³/mol. The van der Waals surface area contributed by atoms with E-state index in [1.165, 1.54) is 16.3 Å². The van der Waals surface area contributed by atoms with Gasteiger partial charge in [-0.05, 0) is 24.3 Å². The maximum Gasteiger partial charge on any atom is 0.329 e. The van der Waals surface area contributed by atoms with Crippen molar-refractivity contribution in [2.45, 2.75) is 31.7 Å². The lowest BCUT2D eigenvalue weighted by molar-refractivity contribution is 0.0910. The van der Waals surface area contributed by atoms with Crippen molar-refractivity contribution in [2.24, 2.45) is 7.05 Å². The quantitative estimate of drug-likeness (QED) is 0.590. The maximum atomic E-state index is 12.3. The summed E-state index contributed by atoms with van der Waals surface area (Å²) >= 11 is 1.44. The minimum Gasteiger partial charge on any atom is -0.491 e. The molecule has 0 aliphatic rings. The normalized spacial score (nSPS) is 12.4. The van der Waals surface area contributed by atoms with Crippen molar-refractivity contribution in [1.82, 2.24) is 19.1 Å². The molecule has 0 bridgehead atoms. The summed E-state index contributed by atoms with van der Waals surface area (Å²) in [6.45, 7) is 4.10. The largest absolute Gasteiger partial charge is 0.491 e. The first-order chi connectivity index (χ1) is 12.9. The molecular weight excluding hydrogens is 368 g/mol. The van der Waals surface area contributed by atoms with E-state index in [1.54, 1.807) is 11.6 Å². The van der Waals surface area contributed by atoms with Gasteiger partial charge in [-0.25, -0.2) is 9.78 Å². The molecule has 0 unspecified atom stereocenters. The molecule has 0 fully saturated rings. The van der Waals surface area contributed by atoms with E-state index in [9.17, 15) is 14.7 Å². The van der Waals surface area contributed by atoms with Gasteiger partial charge in [-0.15, -0.1) is 0 Å². The minimum atomic E-state index is -0.852. The number of H-pyrrole nitrogens is 1. The molecule has 0 aliphatic carbocycles. The summed E-state index contributed by atoms with van der Waals surface area (Å²) in [5.41, 5.74) is 0.505. The smallest absolute Gasteiger partial charge is 0.329 e. The van der Waals surface area contributed by atoms with E-state index in [-0.39, 0.29) is 18.7 Å². The lowest BCUT2D eigenvalue weighted by Crippen LogP contribution is -2.30. The Morgan fingerprint density at radius 3 is 2.78 bits per heavy atom. The van der Waals surface area contributed by atoms with E-state index in [0.29, 0.717) is 16.6 Å². The Morgan fingerprint density at radius 1 is 1.33 bits per heavy atom. The summed E-state index contributed by atoms with van der Waals surface area (Å²) in [4.78, 5) is 30.9. The number of aliphatic hydroxyl groups is 1. The van der Waals surface area contributed by atoms with Crippen LogP contribution in [0, 0.1) is 6.92 Å². The number of fused-ring (bicyclic) bond motifs is 1. The Morgan fingerprint density at radius 2 is 2.07 bits per heavy atom. The molecule has 1 aromatic carbocycles. The molecule has 3 aromatic rings. The van der Waals surface area contributed by atoms with Crippen LogP contribution < -0.4 is 16.0 Å². The number of aryl methyl sites for hydroxylation is 2. The molecule has 2 N–H and O–H groups in total. The van der Waals surface area contributed by atoms with Crippen LogP contribution in [0.2, 0.25) is 0 Å². The highest BCUT2D eigenvalue weighted by atomic mass is 32.2. The molecule has 0 radical (unpaired) electrons. The molecule has 8 nitrogen and oxygen atoms in total. The van der Waals surface area contributed by atoms with Crippen LogP contribution in [0.5, 0.6) is 5.75 Å². The SMILES string of the molecule is CCSc1nc2c(c(=O)[nH]c(=O)n2C)n1C[C@@H](O)COc1ccccc1C. The third-order valence-electron chi connectivity index (χ3n) is 4.16. The molecule has 2 heterocycles. The van der Waals surface area contributed by atoms with E-state index in [0.717, 1.165) is 11.3 Å². The number of nitrogens with one attached hydrogen (secondary N) is 1. The number of aliphatic hydroxyl groups excluding tert-OH is 1. The van der Waals surface area contributed by atoms with Gasteiger partial charge in [0.2, 0.25) is 0 Å². The highest BCUT2D eigenvalue weighted by molar-refractivity contribution is 7.99. The highest BCUT2D eigenvalue weighted by Gasteiger charge is 2.20. The number of para-hydroxylation sites is 1. The Bertz CT molecular complexity index is 1070. The summed E-state index contributed by atoms with van der Waals surface area (Å²) in [7, 11) is 1.55. The number of hydrogen-bond acceptors (Lipinski definition) is 6. The Labute approximate surface area is 159 Å². The van der Waals surface area contributed by atoms with Crippen molar-refractivity contribution in [1.29, 1.82) is 0 Å². The number of hydrogen-bond donors (Lipinski definition) is 2. The molecule has 2 aromatic heterocycles. The van der Waals surface area contributed by atoms with Gasteiger partial charge < -0.3 is 14.4 Å². The molecule has 144 valence electrons. The van der Waals surface area contributed by atoms with Crippen molar-refractivity contribution in [3.8, 4) is 5.75 Å². The molecule has 1 atom stereocenters. The van der Waals surface area contributed by atoms with Crippen LogP contribution in [0.1, 0.15) is 12.5 Å². The minimum absolute atomic E-state index is 0.0738. The Kier molecular flexibility index (Phi) is 5.71. The first-order valence-corrected chi connectivity index (χ1v) is 9.59. The van der Waals surface area contributed by atoms with E-state index >= 15 is 0 Å². The number of aromatic amines is 1. The van der Waals surface area contributed by atoms with Crippen LogP contribution in [-0.4, -0.2) is 42.7 Å². The second-order valence-electron chi connectivity index (χ2n) is 6.16. The fourth-order valence-electron chi connectivity index (χ4n) is 2.79. The average molecular weight is 390 g/mol. The first-order valence-electron chi connectivity index (χ1n) is 8.61. The number of rotatable bonds is 7. The van der Waals surface area contributed by atoms with Gasteiger partial charge in [0, 0.05) is 7.05 Å². The van der Waals surface area contributed by atoms with E-state index < -0.39 is 17.4 Å². The van der Waals surface area contributed by atoms with Crippen molar-refractivity contribution in [3.63, 3.8) is 0 Å². The second-order valence-corrected chi connectivity index (χ2v) is 7.39. The standard InChI is InChI=1S/C18H22N4O4S/c1-4-27-18-19-15-14(16(24)20-17(25)21(15)3)22(18)9-12(23)10-26-13-8-6-5-7-11(13)2/h5-8,12,23H,4,9-10H2,1-3H3,(H,20,24,25)/t12-/m1/s1. The van der Waals surface area contributed by atoms with Crippen LogP contribution in [0.3, 0.4) is 0 Å². The summed E-state index contributed by atoms with van der Waals surface area (Å²) < 4.78 is 8.64. The summed E-state index contributed by atoms with van der Waals surface area (Å²) in [5, 5.41) is 11.1. The van der Waals surface area contributed by atoms with Gasteiger partial charge in [-0.2, -0.15) is 0 Å². The van der Waals surface area contributed by atoms with Crippen LogP contribution in [0.15, 0.2) is 39.0 Å². The van der Waals surface area contributed by atoms with Crippen LogP contribution in [0.25, 0.3) is 11.2 Å². The molecule has 0 spiro atoms. The molecule has 3 rings (SSSR count). The molecule has 9 heteroatoms. The number of nitrogens with zero attached hydrogens (tertiary/aromatic N) is 3. The second kappa shape index (κ2) is 8.01. The maximum absolute atomic E-state index is 12.3. The van der Waals surface area contributed by atoms with E-state index in [4.69, 9.17) is 4.74 Å². The van der Waals surface area contributed by atoms with Crippen LogP contribution in [0.4, 0.5) is 0 Å². The number of ether oxygens (including phenoxy) is 1. The topological polar surface area (TPSA) is 102 Å². The molecule has 0 aliphatic heterocycles. The van der Waals surface area contributed by atoms with Crippen molar-refractivity contribution < 1.29 is 9.84 Å². The predicted octanol–water partition coefficient (Wildman–Crippen LogP) is 1.28. The lowest BCUT2D eigenvalue weighted by Gasteiger charge is -2.16. The summed E-state index contributed by atoms with van der Waals surface area (Å²) in [5.74, 6) is 1.45. The number of benzene rings is 1. The zero-order chi connectivity index (χ0) is 19.6. The summed E-state index contributed by atoms with van der Waals surface area (Å²) in [6.07, 6.45) is -0.852. The van der Waals surface area contributed by atoms with Gasteiger partial charge in [-0.1, -0.05) is 36.9 Å². The lowest BCUT2D eigenvalue weighted by atomic mass is 10.2. The Balaban J connectivity index is 1.90. The zero-order valence-corrected chi connectivity index (χ0v) is 16.2. The highest BCUT2D eigenvalue weighted by Crippen LogP contribution is 2.22. The van der Waals surface area contributed by atoms with Crippen molar-refractivity contribution in [3.05, 3.63) is 50.7 Å². The molecule has 0 saturated carbocycles. The van der Waals surface area contributed by atoms with Crippen molar-refractivity contribution in [2.75, 3.05) is 12.4 Å². The molecule has 0 saturated heterocycles. The van der Waals surface area contributed by atoms with Gasteiger partial charge in [0.25, 0.3) is 5.56 Å². The molecule has 0 amide bonds. The van der Waals surface area contributed by atoms with Gasteiger partial charge >= 0.3 is 5.69 Å². The van der Waals surface area contributed by atoms with Gasteiger partial charge in [-0.3, -0.25) is 14.3 Å². The van der Waals surface area contributed by atoms with Gasteiger partial charge in [0.1, 0.15) is 18.5 Å². The van der Waals surface area contributed by atoms with E-state index in [2.05, 4.69) is 9.97 Å². The third-order valence-corrected chi connectivity index (χ3v) is 5.02. The van der Waals surface area contributed by atoms with Gasteiger partial charge in [0.15, 0.2) is 16.3 Å². The van der Waals surface area contributed by atoms with Crippen molar-refractivity contribution >= 4 is 22.9 Å². The van der Waals surface area contributed by atoms with Crippen LogP contribution in [-0.2, 0) is 13.6 Å². The molecule has 27 heavy (non-hydrogen) atoms.